The lowest BCUT2D eigenvalue weighted by Crippen LogP contribution is -2.51. The number of anilines is 1. The Morgan fingerprint density at radius 3 is 2.41 bits per heavy atom. The van der Waals surface area contributed by atoms with Crippen LogP contribution in [0.3, 0.4) is 0 Å². The van der Waals surface area contributed by atoms with Gasteiger partial charge in [0.2, 0.25) is 0 Å². The molecule has 0 amide bonds. The molecule has 1 aromatic carbocycles. The number of hydrogen-bond acceptors (Lipinski definition) is 6. The minimum atomic E-state index is -0.651. The van der Waals surface area contributed by atoms with Gasteiger partial charge in [0.1, 0.15) is 5.69 Å². The Morgan fingerprint density at radius 1 is 1.24 bits per heavy atom. The molecule has 0 spiro atoms. The average Bonchev–Trinajstić information content (AvgIpc) is 2.23. The van der Waals surface area contributed by atoms with Crippen molar-refractivity contribution in [3.63, 3.8) is 0 Å². The molecule has 8 nitrogen and oxygen atoms in total. The van der Waals surface area contributed by atoms with Crippen LogP contribution in [0.5, 0.6) is 0 Å². The molecule has 90 valence electrons. The van der Waals surface area contributed by atoms with E-state index in [4.69, 9.17) is 0 Å². The predicted molar refractivity (Wildman–Crippen MR) is 60.0 cm³/mol. The Bertz CT molecular complexity index is 472. The number of nitrogens with zero attached hydrogens (tertiary/aromatic N) is 2. The zero-order valence-electron chi connectivity index (χ0n) is 8.75. The highest BCUT2D eigenvalue weighted by atomic mass is 16.6. The first-order valence-electron chi connectivity index (χ1n) is 4.98. The number of hydrogen-bond donors (Lipinski definition) is 2. The quantitative estimate of drug-likeness (QED) is 0.595. The van der Waals surface area contributed by atoms with Crippen molar-refractivity contribution in [2.45, 2.75) is 6.04 Å². The van der Waals surface area contributed by atoms with Crippen molar-refractivity contribution in [1.29, 1.82) is 0 Å². The van der Waals surface area contributed by atoms with E-state index in [9.17, 15) is 20.2 Å². The van der Waals surface area contributed by atoms with Crippen LogP contribution in [0.1, 0.15) is 0 Å². The predicted octanol–water partition coefficient (Wildman–Crippen LogP) is 0.887. The van der Waals surface area contributed by atoms with E-state index in [2.05, 4.69) is 10.6 Å². The lowest BCUT2D eigenvalue weighted by atomic mass is 10.1. The van der Waals surface area contributed by atoms with Crippen LogP contribution in [-0.2, 0) is 0 Å². The molecule has 1 saturated heterocycles. The molecule has 1 heterocycles. The van der Waals surface area contributed by atoms with E-state index in [0.29, 0.717) is 5.69 Å². The van der Waals surface area contributed by atoms with Crippen LogP contribution >= 0.6 is 0 Å². The molecule has 1 aromatic rings. The fourth-order valence-corrected chi connectivity index (χ4v) is 1.52. The van der Waals surface area contributed by atoms with Crippen LogP contribution < -0.4 is 10.6 Å². The Balaban J connectivity index is 2.30. The molecule has 1 aliphatic rings. The number of benzene rings is 1. The fraction of sp³-hybridized carbons (Fsp3) is 0.333. The summed E-state index contributed by atoms with van der Waals surface area (Å²) in [5.74, 6) is 0. The van der Waals surface area contributed by atoms with E-state index in [1.54, 1.807) is 0 Å². The summed E-state index contributed by atoms with van der Waals surface area (Å²) in [5.41, 5.74) is -0.243. The summed E-state index contributed by atoms with van der Waals surface area (Å²) in [6, 6.07) is 3.72. The maximum absolute atomic E-state index is 10.8. The first-order chi connectivity index (χ1) is 8.08. The molecular weight excluding hydrogens is 228 g/mol. The molecular formula is C9H10N4O4. The van der Waals surface area contributed by atoms with E-state index in [1.165, 1.54) is 12.1 Å². The average molecular weight is 238 g/mol. The second-order valence-electron chi connectivity index (χ2n) is 3.72. The lowest BCUT2D eigenvalue weighted by Gasteiger charge is -2.28. The van der Waals surface area contributed by atoms with Gasteiger partial charge in [0, 0.05) is 19.2 Å². The minimum absolute atomic E-state index is 0.134. The molecule has 0 bridgehead atoms. The number of nitro groups is 2. The zero-order chi connectivity index (χ0) is 12.4. The highest BCUT2D eigenvalue weighted by molar-refractivity contribution is 5.65. The Labute approximate surface area is 95.9 Å². The van der Waals surface area contributed by atoms with Gasteiger partial charge in [-0.15, -0.1) is 0 Å². The highest BCUT2D eigenvalue weighted by Gasteiger charge is 2.23. The molecule has 1 fully saturated rings. The van der Waals surface area contributed by atoms with Crippen molar-refractivity contribution in [3.05, 3.63) is 38.4 Å². The van der Waals surface area contributed by atoms with Gasteiger partial charge in [-0.3, -0.25) is 20.2 Å². The SMILES string of the molecule is O=[N+]([O-])c1ccc(NC2CNC2)c([N+](=O)[O-])c1. The van der Waals surface area contributed by atoms with Crippen molar-refractivity contribution >= 4 is 17.1 Å². The van der Waals surface area contributed by atoms with E-state index >= 15 is 0 Å². The van der Waals surface area contributed by atoms with Crippen molar-refractivity contribution in [1.82, 2.24) is 5.32 Å². The number of nitro benzene ring substituents is 2. The minimum Gasteiger partial charge on any atom is -0.374 e. The summed E-state index contributed by atoms with van der Waals surface area (Å²) in [6.45, 7) is 1.46. The van der Waals surface area contributed by atoms with Crippen LogP contribution in [-0.4, -0.2) is 29.0 Å². The van der Waals surface area contributed by atoms with Crippen LogP contribution in [0.25, 0.3) is 0 Å². The van der Waals surface area contributed by atoms with Crippen LogP contribution in [0.2, 0.25) is 0 Å². The van der Waals surface area contributed by atoms with Gasteiger partial charge >= 0.3 is 0 Å². The third-order valence-electron chi connectivity index (χ3n) is 2.53. The van der Waals surface area contributed by atoms with Gasteiger partial charge in [-0.1, -0.05) is 0 Å². The van der Waals surface area contributed by atoms with Crippen molar-refractivity contribution in [2.24, 2.45) is 0 Å². The molecule has 0 radical (unpaired) electrons. The summed E-state index contributed by atoms with van der Waals surface area (Å²) in [6.07, 6.45) is 0. The second-order valence-corrected chi connectivity index (χ2v) is 3.72. The lowest BCUT2D eigenvalue weighted by molar-refractivity contribution is -0.393. The standard InChI is InChI=1S/C9H10N4O4/c14-12(15)7-1-2-8(9(3-7)13(16)17)11-6-4-10-5-6/h1-3,6,10-11H,4-5H2. The van der Waals surface area contributed by atoms with Crippen molar-refractivity contribution < 1.29 is 9.85 Å². The molecule has 0 aromatic heterocycles. The van der Waals surface area contributed by atoms with Gasteiger partial charge in [0.25, 0.3) is 11.4 Å². The van der Waals surface area contributed by atoms with Gasteiger partial charge in [0.15, 0.2) is 0 Å². The first-order valence-corrected chi connectivity index (χ1v) is 4.98. The number of non-ortho nitro benzene ring substituents is 1. The first kappa shape index (κ1) is 11.3. The summed E-state index contributed by atoms with van der Waals surface area (Å²) in [4.78, 5) is 20.1. The molecule has 0 atom stereocenters. The third-order valence-corrected chi connectivity index (χ3v) is 2.53. The molecule has 2 rings (SSSR count). The third kappa shape index (κ3) is 2.31. The van der Waals surface area contributed by atoms with Gasteiger partial charge < -0.3 is 10.6 Å². The van der Waals surface area contributed by atoms with Crippen molar-refractivity contribution in [2.75, 3.05) is 18.4 Å². The van der Waals surface area contributed by atoms with Crippen LogP contribution in [0.4, 0.5) is 17.1 Å². The summed E-state index contributed by atoms with van der Waals surface area (Å²) in [5, 5.41) is 27.3. The largest absolute Gasteiger partial charge is 0.374 e. The maximum atomic E-state index is 10.8. The highest BCUT2D eigenvalue weighted by Crippen LogP contribution is 2.29. The van der Waals surface area contributed by atoms with Crippen LogP contribution in [0, 0.1) is 20.2 Å². The summed E-state index contributed by atoms with van der Waals surface area (Å²) in [7, 11) is 0. The van der Waals surface area contributed by atoms with Crippen molar-refractivity contribution in [3.8, 4) is 0 Å². The number of nitrogens with one attached hydrogen (secondary N) is 2. The monoisotopic (exact) mass is 238 g/mol. The molecule has 8 heteroatoms. The molecule has 17 heavy (non-hydrogen) atoms. The van der Waals surface area contributed by atoms with E-state index in [-0.39, 0.29) is 17.4 Å². The molecule has 0 aliphatic carbocycles. The van der Waals surface area contributed by atoms with Gasteiger partial charge in [-0.25, -0.2) is 0 Å². The molecule has 2 N–H and O–H groups in total. The summed E-state index contributed by atoms with van der Waals surface area (Å²) >= 11 is 0. The molecule has 1 aliphatic heterocycles. The molecule has 0 saturated carbocycles. The fourth-order valence-electron chi connectivity index (χ4n) is 1.52. The van der Waals surface area contributed by atoms with Gasteiger partial charge in [-0.2, -0.15) is 0 Å². The van der Waals surface area contributed by atoms with Crippen LogP contribution in [0.15, 0.2) is 18.2 Å². The Morgan fingerprint density at radius 2 is 1.94 bits per heavy atom. The van der Waals surface area contributed by atoms with E-state index < -0.39 is 9.85 Å². The van der Waals surface area contributed by atoms with E-state index in [0.717, 1.165) is 19.2 Å². The zero-order valence-corrected chi connectivity index (χ0v) is 8.75. The topological polar surface area (TPSA) is 110 Å². The second kappa shape index (κ2) is 4.34. The maximum Gasteiger partial charge on any atom is 0.299 e. The van der Waals surface area contributed by atoms with Gasteiger partial charge in [0.05, 0.1) is 22.0 Å². The smallest absolute Gasteiger partial charge is 0.299 e. The summed E-state index contributed by atoms with van der Waals surface area (Å²) < 4.78 is 0. The van der Waals surface area contributed by atoms with E-state index in [1.807, 2.05) is 0 Å². The number of rotatable bonds is 4. The van der Waals surface area contributed by atoms with Gasteiger partial charge in [-0.05, 0) is 6.07 Å². The normalized spacial score (nSPS) is 15.1. The Hall–Kier alpha value is -2.22. The molecule has 0 unspecified atom stereocenters. The Kier molecular flexibility index (Phi) is 2.88.